The highest BCUT2D eigenvalue weighted by atomic mass is 16.3. The quantitative estimate of drug-likeness (QED) is 0.458. The van der Waals surface area contributed by atoms with Crippen LogP contribution in [0.4, 0.5) is 17.3 Å². The molecule has 3 N–H and O–H groups in total. The molecule has 1 saturated heterocycles. The summed E-state index contributed by atoms with van der Waals surface area (Å²) in [5, 5.41) is 27.2. The number of piperidine rings is 1. The van der Waals surface area contributed by atoms with Crippen LogP contribution >= 0.6 is 0 Å². The Hall–Kier alpha value is -4.16. The lowest BCUT2D eigenvalue weighted by molar-refractivity contribution is 0.145. The molecule has 1 fully saturated rings. The van der Waals surface area contributed by atoms with Crippen LogP contribution in [-0.2, 0) is 0 Å². The monoisotopic (exact) mass is 427 g/mol. The van der Waals surface area contributed by atoms with Gasteiger partial charge in [-0.3, -0.25) is 9.78 Å². The van der Waals surface area contributed by atoms with Crippen LogP contribution in [0.5, 0.6) is 0 Å². The molecule has 0 aliphatic carbocycles. The maximum atomic E-state index is 12.6. The lowest BCUT2D eigenvalue weighted by atomic mass is 10.1. The number of fused-ring (bicyclic) bond motifs is 1. The van der Waals surface area contributed by atoms with Gasteiger partial charge in [0.1, 0.15) is 11.5 Å². The zero-order valence-electron chi connectivity index (χ0n) is 17.2. The van der Waals surface area contributed by atoms with E-state index in [1.54, 1.807) is 10.7 Å². The Kier molecular flexibility index (Phi) is 5.05. The van der Waals surface area contributed by atoms with Crippen molar-refractivity contribution < 1.29 is 5.11 Å². The van der Waals surface area contributed by atoms with Gasteiger partial charge in [-0.1, -0.05) is 18.2 Å². The Morgan fingerprint density at radius 1 is 1.16 bits per heavy atom. The van der Waals surface area contributed by atoms with E-state index in [4.69, 9.17) is 0 Å². The number of hydrogen-bond acceptors (Lipinski definition) is 7. The van der Waals surface area contributed by atoms with Crippen LogP contribution in [0.25, 0.3) is 16.7 Å². The highest BCUT2D eigenvalue weighted by Crippen LogP contribution is 2.27. The molecule has 32 heavy (non-hydrogen) atoms. The van der Waals surface area contributed by atoms with Crippen molar-refractivity contribution in [1.82, 2.24) is 19.7 Å². The van der Waals surface area contributed by atoms with Gasteiger partial charge in [0.15, 0.2) is 5.65 Å². The molecular formula is C23H21N7O2. The van der Waals surface area contributed by atoms with E-state index in [2.05, 4.69) is 31.4 Å². The molecule has 2 aromatic carbocycles. The van der Waals surface area contributed by atoms with E-state index in [0.717, 1.165) is 11.4 Å². The molecule has 160 valence electrons. The predicted molar refractivity (Wildman–Crippen MR) is 121 cm³/mol. The Balaban J connectivity index is 1.47. The third kappa shape index (κ3) is 3.68. The number of nitrogens with one attached hydrogen (secondary N) is 2. The number of nitrogens with zero attached hydrogens (tertiary/aromatic N) is 5. The van der Waals surface area contributed by atoms with E-state index in [1.165, 1.54) is 6.20 Å². The molecule has 2 aromatic heterocycles. The molecule has 3 heterocycles. The number of para-hydroxylation sites is 1. The molecule has 0 amide bonds. The number of nitriles is 1. The molecule has 0 spiro atoms. The maximum Gasteiger partial charge on any atom is 0.263 e. The van der Waals surface area contributed by atoms with Crippen molar-refractivity contribution in [3.05, 3.63) is 70.6 Å². The number of aromatic amines is 1. The number of aliphatic hydroxyl groups excluding tert-OH is 1. The third-order valence-corrected chi connectivity index (χ3v) is 5.62. The minimum Gasteiger partial charge on any atom is -0.393 e. The fourth-order valence-electron chi connectivity index (χ4n) is 3.96. The van der Waals surface area contributed by atoms with E-state index in [-0.39, 0.29) is 17.6 Å². The summed E-state index contributed by atoms with van der Waals surface area (Å²) in [5.74, 6) is 0.262. The van der Waals surface area contributed by atoms with Crippen LogP contribution in [0.1, 0.15) is 18.4 Å². The predicted octanol–water partition coefficient (Wildman–Crippen LogP) is 2.69. The Morgan fingerprint density at radius 3 is 2.69 bits per heavy atom. The Morgan fingerprint density at radius 2 is 1.94 bits per heavy atom. The van der Waals surface area contributed by atoms with Gasteiger partial charge in [-0.2, -0.15) is 15.3 Å². The van der Waals surface area contributed by atoms with Gasteiger partial charge in [0.25, 0.3) is 5.56 Å². The van der Waals surface area contributed by atoms with Crippen molar-refractivity contribution >= 4 is 28.4 Å². The first-order valence-corrected chi connectivity index (χ1v) is 10.4. The Bertz CT molecular complexity index is 1360. The highest BCUT2D eigenvalue weighted by Gasteiger charge is 2.20. The number of aliphatic hydroxyl groups is 1. The van der Waals surface area contributed by atoms with Crippen LogP contribution in [0.2, 0.25) is 0 Å². The molecule has 1 aliphatic heterocycles. The highest BCUT2D eigenvalue weighted by molar-refractivity contribution is 5.77. The number of aromatic nitrogens is 4. The summed E-state index contributed by atoms with van der Waals surface area (Å²) < 4.78 is 1.62. The van der Waals surface area contributed by atoms with E-state index in [9.17, 15) is 15.2 Å². The summed E-state index contributed by atoms with van der Waals surface area (Å²) in [4.78, 5) is 22.0. The van der Waals surface area contributed by atoms with Crippen LogP contribution < -0.4 is 15.8 Å². The number of hydrogen-bond donors (Lipinski definition) is 3. The standard InChI is InChI=1S/C23H21N7O2/c24-13-15-12-16(6-7-20(15)29-10-8-18(31)9-11-29)26-23-27-21-19(22(32)28-23)14-25-30(21)17-4-2-1-3-5-17/h1-7,12,14,18,31H,8-11H2,(H2,26,27,28,32). The van der Waals surface area contributed by atoms with E-state index in [1.807, 2.05) is 42.5 Å². The van der Waals surface area contributed by atoms with Crippen LogP contribution in [0, 0.1) is 11.3 Å². The molecule has 1 aliphatic rings. The summed E-state index contributed by atoms with van der Waals surface area (Å²) >= 11 is 0. The molecule has 5 rings (SSSR count). The molecule has 4 aromatic rings. The second kappa shape index (κ2) is 8.17. The molecular weight excluding hydrogens is 406 g/mol. The van der Waals surface area contributed by atoms with Gasteiger partial charge >= 0.3 is 0 Å². The summed E-state index contributed by atoms with van der Waals surface area (Å²) in [5.41, 5.74) is 2.92. The fourth-order valence-corrected chi connectivity index (χ4v) is 3.96. The SMILES string of the molecule is N#Cc1cc(Nc2nc3c(cnn3-c3ccccc3)c(=O)[nH]2)ccc1N1CCC(O)CC1. The topological polar surface area (TPSA) is 123 Å². The van der Waals surface area contributed by atoms with Crippen LogP contribution in [-0.4, -0.2) is 44.0 Å². The lowest BCUT2D eigenvalue weighted by Crippen LogP contribution is -2.36. The number of rotatable bonds is 4. The van der Waals surface area contributed by atoms with E-state index in [0.29, 0.717) is 48.2 Å². The fraction of sp³-hybridized carbons (Fsp3) is 0.217. The minimum atomic E-state index is -0.302. The van der Waals surface area contributed by atoms with E-state index < -0.39 is 0 Å². The van der Waals surface area contributed by atoms with Crippen molar-refractivity contribution in [3.8, 4) is 11.8 Å². The molecule has 0 unspecified atom stereocenters. The molecule has 9 nitrogen and oxygen atoms in total. The lowest BCUT2D eigenvalue weighted by Gasteiger charge is -2.32. The smallest absolute Gasteiger partial charge is 0.263 e. The normalized spacial score (nSPS) is 14.4. The van der Waals surface area contributed by atoms with Crippen molar-refractivity contribution in [2.75, 3.05) is 23.3 Å². The van der Waals surface area contributed by atoms with Gasteiger partial charge in [-0.15, -0.1) is 0 Å². The molecule has 0 atom stereocenters. The van der Waals surface area contributed by atoms with Crippen molar-refractivity contribution in [3.63, 3.8) is 0 Å². The number of benzene rings is 2. The van der Waals surface area contributed by atoms with E-state index >= 15 is 0 Å². The number of H-pyrrole nitrogens is 1. The van der Waals surface area contributed by atoms with Gasteiger partial charge in [-0.05, 0) is 43.2 Å². The zero-order chi connectivity index (χ0) is 22.1. The molecule has 0 saturated carbocycles. The van der Waals surface area contributed by atoms with Crippen LogP contribution in [0.3, 0.4) is 0 Å². The molecule has 9 heteroatoms. The van der Waals surface area contributed by atoms with Gasteiger partial charge in [-0.25, -0.2) is 4.68 Å². The van der Waals surface area contributed by atoms with Crippen LogP contribution in [0.15, 0.2) is 59.5 Å². The minimum absolute atomic E-state index is 0.262. The summed E-state index contributed by atoms with van der Waals surface area (Å²) in [6.07, 6.45) is 2.59. The summed E-state index contributed by atoms with van der Waals surface area (Å²) in [6.45, 7) is 1.41. The van der Waals surface area contributed by atoms with Crippen molar-refractivity contribution in [1.29, 1.82) is 5.26 Å². The second-order valence-corrected chi connectivity index (χ2v) is 7.73. The third-order valence-electron chi connectivity index (χ3n) is 5.62. The zero-order valence-corrected chi connectivity index (χ0v) is 17.2. The molecule has 0 bridgehead atoms. The van der Waals surface area contributed by atoms with Gasteiger partial charge in [0.2, 0.25) is 5.95 Å². The second-order valence-electron chi connectivity index (χ2n) is 7.73. The van der Waals surface area contributed by atoms with Gasteiger partial charge in [0, 0.05) is 18.8 Å². The Labute approximate surface area is 183 Å². The summed E-state index contributed by atoms with van der Waals surface area (Å²) in [7, 11) is 0. The average Bonchev–Trinajstić information content (AvgIpc) is 3.25. The van der Waals surface area contributed by atoms with Gasteiger partial charge in [0.05, 0.1) is 29.2 Å². The first kappa shape index (κ1) is 19.8. The summed E-state index contributed by atoms with van der Waals surface area (Å²) in [6, 6.07) is 17.2. The first-order valence-electron chi connectivity index (χ1n) is 10.4. The maximum absolute atomic E-state index is 12.6. The largest absolute Gasteiger partial charge is 0.393 e. The number of anilines is 3. The van der Waals surface area contributed by atoms with Crippen molar-refractivity contribution in [2.24, 2.45) is 0 Å². The average molecular weight is 427 g/mol. The molecule has 0 radical (unpaired) electrons. The van der Waals surface area contributed by atoms with Gasteiger partial charge < -0.3 is 15.3 Å². The van der Waals surface area contributed by atoms with Crippen molar-refractivity contribution in [2.45, 2.75) is 18.9 Å². The first-order chi connectivity index (χ1) is 15.6.